The number of likely N-dealkylation sites (tertiary alicyclic amines) is 1. The van der Waals surface area contributed by atoms with Crippen LogP contribution in [-0.2, 0) is 14.6 Å². The number of sulfone groups is 1. The highest BCUT2D eigenvalue weighted by molar-refractivity contribution is 7.91. The van der Waals surface area contributed by atoms with E-state index in [0.29, 0.717) is 62.3 Å². The van der Waals surface area contributed by atoms with E-state index < -0.39 is 21.5 Å². The molecule has 3 aliphatic heterocycles. The average molecular weight is 718 g/mol. The number of pyridine rings is 1. The number of phenols is 1. The Kier molecular flexibility index (Phi) is 8.97. The molecule has 1 N–H and O–H groups in total. The van der Waals surface area contributed by atoms with Gasteiger partial charge in [0, 0.05) is 54.3 Å². The molecule has 51 heavy (non-hydrogen) atoms. The summed E-state index contributed by atoms with van der Waals surface area (Å²) in [5.74, 6) is 1.80. The molecule has 5 heterocycles. The van der Waals surface area contributed by atoms with Gasteiger partial charge in [0.15, 0.2) is 5.82 Å². The Labute approximate surface area is 296 Å². The largest absolute Gasteiger partial charge is 0.508 e. The molecule has 1 saturated carbocycles. The Bertz CT molecular complexity index is 2140. The Morgan fingerprint density at radius 2 is 1.86 bits per heavy atom. The van der Waals surface area contributed by atoms with Crippen LogP contribution in [0.25, 0.3) is 32.9 Å². The standard InChI is InChI=1S/C38H41F2N5O5S/c1-2-27-30(39)8-7-24-20-26(46)21-28(32(24)27)34-33(40)35-29(22-41-34)36(44-13-5-16-49-17-15-44)43-37(42-35)50-23-38-11-3-6-31(38)45(14-4-12-38)25-9-18-51(47,48)19-10-25/h1,7-8,20-22,25,31,46H,3-6,9-19,23H2/t31-,38-/m1/s1. The van der Waals surface area contributed by atoms with Crippen molar-refractivity contribution in [3.8, 4) is 35.4 Å². The molecule has 4 aliphatic rings. The van der Waals surface area contributed by atoms with Crippen LogP contribution in [-0.4, -0.2) is 96.4 Å². The number of piperidine rings is 1. The van der Waals surface area contributed by atoms with Gasteiger partial charge in [0.1, 0.15) is 38.4 Å². The van der Waals surface area contributed by atoms with Gasteiger partial charge in [-0.25, -0.2) is 17.2 Å². The van der Waals surface area contributed by atoms with E-state index in [1.807, 2.05) is 4.90 Å². The molecule has 2 aromatic carbocycles. The third-order valence-corrected chi connectivity index (χ3v) is 13.2. The first kappa shape index (κ1) is 34.0. The second-order valence-corrected chi connectivity index (χ2v) is 16.7. The summed E-state index contributed by atoms with van der Waals surface area (Å²) in [6.45, 7) is 3.56. The van der Waals surface area contributed by atoms with Gasteiger partial charge >= 0.3 is 6.01 Å². The fourth-order valence-electron chi connectivity index (χ4n) is 9.02. The van der Waals surface area contributed by atoms with E-state index in [-0.39, 0.29) is 68.5 Å². The first-order valence-electron chi connectivity index (χ1n) is 17.9. The van der Waals surface area contributed by atoms with Gasteiger partial charge in [-0.2, -0.15) is 9.97 Å². The van der Waals surface area contributed by atoms with E-state index >= 15 is 4.39 Å². The second kappa shape index (κ2) is 13.5. The van der Waals surface area contributed by atoms with Crippen LogP contribution in [0, 0.1) is 29.4 Å². The highest BCUT2D eigenvalue weighted by Gasteiger charge is 2.50. The van der Waals surface area contributed by atoms with Crippen molar-refractivity contribution in [3.05, 3.63) is 47.7 Å². The number of terminal acetylenes is 1. The van der Waals surface area contributed by atoms with Crippen molar-refractivity contribution in [1.29, 1.82) is 0 Å². The molecule has 2 aromatic heterocycles. The van der Waals surface area contributed by atoms with Crippen LogP contribution in [0.2, 0.25) is 0 Å². The number of rotatable bonds is 6. The maximum absolute atomic E-state index is 17.0. The Morgan fingerprint density at radius 1 is 1.04 bits per heavy atom. The lowest BCUT2D eigenvalue weighted by atomic mass is 9.74. The van der Waals surface area contributed by atoms with E-state index in [1.54, 1.807) is 0 Å². The maximum Gasteiger partial charge on any atom is 0.319 e. The molecule has 0 radical (unpaired) electrons. The van der Waals surface area contributed by atoms with Crippen LogP contribution in [0.5, 0.6) is 11.8 Å². The Balaban J connectivity index is 1.19. The third-order valence-electron chi connectivity index (χ3n) is 11.4. The number of fused-ring (bicyclic) bond motifs is 3. The smallest absolute Gasteiger partial charge is 0.319 e. The van der Waals surface area contributed by atoms with Crippen LogP contribution < -0.4 is 9.64 Å². The summed E-state index contributed by atoms with van der Waals surface area (Å²) in [5, 5.41) is 11.7. The summed E-state index contributed by atoms with van der Waals surface area (Å²) >= 11 is 0. The van der Waals surface area contributed by atoms with E-state index in [9.17, 15) is 17.9 Å². The number of halogens is 2. The number of nitrogens with zero attached hydrogens (tertiary/aromatic N) is 5. The lowest BCUT2D eigenvalue weighted by Crippen LogP contribution is -2.56. The first-order chi connectivity index (χ1) is 24.7. The van der Waals surface area contributed by atoms with Crippen molar-refractivity contribution in [1.82, 2.24) is 19.9 Å². The zero-order valence-electron chi connectivity index (χ0n) is 28.4. The zero-order valence-corrected chi connectivity index (χ0v) is 29.2. The lowest BCUT2D eigenvalue weighted by Gasteiger charge is -2.50. The lowest BCUT2D eigenvalue weighted by molar-refractivity contribution is -0.0246. The molecule has 1 aliphatic carbocycles. The third kappa shape index (κ3) is 6.25. The highest BCUT2D eigenvalue weighted by atomic mass is 32.2. The molecule has 0 spiro atoms. The van der Waals surface area contributed by atoms with Gasteiger partial charge in [-0.3, -0.25) is 9.88 Å². The molecular formula is C38H41F2N5O5S. The van der Waals surface area contributed by atoms with Crippen molar-refractivity contribution < 1.29 is 31.8 Å². The van der Waals surface area contributed by atoms with Crippen LogP contribution in [0.4, 0.5) is 14.6 Å². The maximum atomic E-state index is 17.0. The molecule has 0 amide bonds. The van der Waals surface area contributed by atoms with Crippen LogP contribution >= 0.6 is 0 Å². The topological polar surface area (TPSA) is 118 Å². The van der Waals surface area contributed by atoms with Gasteiger partial charge in [0.05, 0.1) is 35.7 Å². The van der Waals surface area contributed by atoms with Gasteiger partial charge in [-0.1, -0.05) is 18.4 Å². The predicted octanol–water partition coefficient (Wildman–Crippen LogP) is 5.63. The normalized spacial score (nSPS) is 24.3. The zero-order chi connectivity index (χ0) is 35.3. The number of anilines is 1. The van der Waals surface area contributed by atoms with Crippen molar-refractivity contribution in [2.75, 3.05) is 55.9 Å². The summed E-state index contributed by atoms with van der Waals surface area (Å²) in [5.41, 5.74) is -0.195. The molecule has 2 atom stereocenters. The molecule has 3 saturated heterocycles. The molecule has 0 unspecified atom stereocenters. The molecule has 8 rings (SSSR count). The molecular weight excluding hydrogens is 677 g/mol. The van der Waals surface area contributed by atoms with E-state index in [1.165, 1.54) is 30.5 Å². The van der Waals surface area contributed by atoms with E-state index in [2.05, 4.69) is 20.8 Å². The van der Waals surface area contributed by atoms with E-state index in [0.717, 1.165) is 45.1 Å². The highest BCUT2D eigenvalue weighted by Crippen LogP contribution is 2.49. The number of ether oxygens (including phenoxy) is 2. The Hall–Kier alpha value is -4.12. The number of hydrogen-bond donors (Lipinski definition) is 1. The molecule has 4 aromatic rings. The minimum Gasteiger partial charge on any atom is -0.508 e. The van der Waals surface area contributed by atoms with Gasteiger partial charge in [-0.15, -0.1) is 6.42 Å². The summed E-state index contributed by atoms with van der Waals surface area (Å²) in [6, 6.07) is 6.04. The Morgan fingerprint density at radius 3 is 2.69 bits per heavy atom. The number of phenolic OH excluding ortho intramolecular Hbond substituents is 1. The summed E-state index contributed by atoms with van der Waals surface area (Å²) in [7, 11) is -2.97. The minimum absolute atomic E-state index is 0.00511. The SMILES string of the molecule is C#Cc1c(F)ccc2cc(O)cc(-c3ncc4c(N5CCCOCC5)nc(OC[C@]56CCC[C@H]5N(C5CCS(=O)(=O)CC5)CCC6)nc4c3F)c12. The monoisotopic (exact) mass is 717 g/mol. The number of hydrogen-bond acceptors (Lipinski definition) is 10. The number of benzene rings is 2. The molecule has 0 bridgehead atoms. The summed E-state index contributed by atoms with van der Waals surface area (Å²) in [4.78, 5) is 18.6. The average Bonchev–Trinajstić information content (AvgIpc) is 3.37. The molecule has 13 heteroatoms. The summed E-state index contributed by atoms with van der Waals surface area (Å²) < 4.78 is 68.5. The summed E-state index contributed by atoms with van der Waals surface area (Å²) in [6.07, 6.45) is 14.3. The van der Waals surface area contributed by atoms with Crippen molar-refractivity contribution in [2.45, 2.75) is 63.5 Å². The van der Waals surface area contributed by atoms with Gasteiger partial charge in [0.2, 0.25) is 0 Å². The van der Waals surface area contributed by atoms with Crippen LogP contribution in [0.3, 0.4) is 0 Å². The number of aromatic hydroxyl groups is 1. The quantitative estimate of drug-likeness (QED) is 0.252. The molecule has 4 fully saturated rings. The van der Waals surface area contributed by atoms with Crippen LogP contribution in [0.1, 0.15) is 56.9 Å². The van der Waals surface area contributed by atoms with Gasteiger partial charge < -0.3 is 19.5 Å². The van der Waals surface area contributed by atoms with Crippen molar-refractivity contribution in [3.63, 3.8) is 0 Å². The van der Waals surface area contributed by atoms with Gasteiger partial charge in [-0.05, 0) is 75.1 Å². The van der Waals surface area contributed by atoms with Crippen LogP contribution in [0.15, 0.2) is 30.5 Å². The van der Waals surface area contributed by atoms with Gasteiger partial charge in [0.25, 0.3) is 0 Å². The van der Waals surface area contributed by atoms with Crippen molar-refractivity contribution in [2.24, 2.45) is 5.41 Å². The second-order valence-electron chi connectivity index (χ2n) is 14.4. The molecule has 268 valence electrons. The fraction of sp³-hybridized carbons (Fsp3) is 0.500. The first-order valence-corrected chi connectivity index (χ1v) is 19.7. The van der Waals surface area contributed by atoms with E-state index in [4.69, 9.17) is 20.9 Å². The van der Waals surface area contributed by atoms with Crippen molar-refractivity contribution >= 4 is 37.3 Å². The predicted molar refractivity (Wildman–Crippen MR) is 191 cm³/mol. The minimum atomic E-state index is -2.97. The fourth-order valence-corrected chi connectivity index (χ4v) is 10.5. The molecule has 10 nitrogen and oxygen atoms in total. The number of aromatic nitrogens is 3.